The second-order valence-electron chi connectivity index (χ2n) is 9.94. The van der Waals surface area contributed by atoms with Gasteiger partial charge in [0.2, 0.25) is 0 Å². The predicted octanol–water partition coefficient (Wildman–Crippen LogP) is -5.42. The molecule has 0 aromatic carbocycles. The Kier molecular flexibility index (Phi) is 16.0. The van der Waals surface area contributed by atoms with Gasteiger partial charge < -0.3 is 59.4 Å². The fourth-order valence-electron chi connectivity index (χ4n) is 4.96. The summed E-state index contributed by atoms with van der Waals surface area (Å²) in [5.74, 6) is -1.87. The van der Waals surface area contributed by atoms with Crippen LogP contribution in [0.5, 0.6) is 0 Å². The third kappa shape index (κ3) is 10.4. The average molecular weight is 755 g/mol. The van der Waals surface area contributed by atoms with Gasteiger partial charge in [0.1, 0.15) is 73.3 Å². The Labute approximate surface area is 272 Å². The molecule has 0 amide bonds. The van der Waals surface area contributed by atoms with Crippen LogP contribution in [-0.4, -0.2) is 170 Å². The summed E-state index contributed by atoms with van der Waals surface area (Å²) < 4.78 is 78.3. The Bertz CT molecular complexity index is 1080. The summed E-state index contributed by atoms with van der Waals surface area (Å²) in [5, 5.41) is 96.1. The average Bonchev–Trinajstić information content (AvgIpc) is 3.01. The molecule has 0 saturated carbocycles. The van der Waals surface area contributed by atoms with Crippen LogP contribution in [0.15, 0.2) is 0 Å². The van der Waals surface area contributed by atoms with Crippen LogP contribution in [0.1, 0.15) is 6.92 Å². The van der Waals surface area contributed by atoms with Crippen molar-refractivity contribution in [2.75, 3.05) is 13.2 Å². The lowest BCUT2D eigenvalue weighted by Gasteiger charge is -2.48. The molecular formula is C19H34N2O23S3. The molecule has 0 aromatic rings. The molecular weight excluding hydrogens is 720 g/mol. The van der Waals surface area contributed by atoms with E-state index in [2.05, 4.69) is 32.4 Å². The molecule has 3 fully saturated rings. The summed E-state index contributed by atoms with van der Waals surface area (Å²) in [4.78, 5) is 12.3. The summed E-state index contributed by atoms with van der Waals surface area (Å²) >= 11 is 0.397. The lowest BCUT2D eigenvalue weighted by atomic mass is 9.93. The van der Waals surface area contributed by atoms with E-state index in [0.29, 0.717) is 0 Å². The quantitative estimate of drug-likeness (QED) is 0.0165. The van der Waals surface area contributed by atoms with Crippen LogP contribution < -0.4 is 9.44 Å². The van der Waals surface area contributed by atoms with Crippen molar-refractivity contribution in [2.45, 2.75) is 98.7 Å². The van der Waals surface area contributed by atoms with Gasteiger partial charge in [-0.2, -0.15) is 8.42 Å². The molecule has 0 bridgehead atoms. The predicted molar refractivity (Wildman–Crippen MR) is 142 cm³/mol. The summed E-state index contributed by atoms with van der Waals surface area (Å²) in [6.07, 6.45) is -24.5. The summed E-state index contributed by atoms with van der Waals surface area (Å²) in [5.41, 5.74) is 0. The molecule has 0 aromatic heterocycles. The topological polar surface area (TPSA) is 370 Å². The molecule has 28 heteroatoms. The Morgan fingerprint density at radius 2 is 1.34 bits per heavy atom. The van der Waals surface area contributed by atoms with E-state index < -0.39 is 121 Å². The van der Waals surface area contributed by atoms with E-state index in [0.717, 1.165) is 0 Å². The Morgan fingerprint density at radius 1 is 0.766 bits per heavy atom. The molecule has 3 heterocycles. The largest absolute Gasteiger partial charge is 0.479 e. The highest BCUT2D eigenvalue weighted by atomic mass is 32.3. The van der Waals surface area contributed by atoms with Crippen molar-refractivity contribution in [3.63, 3.8) is 0 Å². The molecule has 0 radical (unpaired) electrons. The van der Waals surface area contributed by atoms with E-state index in [9.17, 15) is 53.5 Å². The zero-order valence-electron chi connectivity index (χ0n) is 23.6. The van der Waals surface area contributed by atoms with E-state index in [4.69, 9.17) is 34.2 Å². The second kappa shape index (κ2) is 18.5. The Hall–Kier alpha value is -0.720. The van der Waals surface area contributed by atoms with Gasteiger partial charge in [0.25, 0.3) is 0 Å². The standard InChI is InChI=1S/C19H34N2O23S3/c1-4-7(20-45-43-41-30)11(26)13(6(3-23)35-4)37-19-15(40-47(32,33)34)12(27)14(16(39-19)17(28)29)38-18-8(21-46-44-42-31)10(25)9(24)5(2-22)36-18/h4-16,18-27,30-31H,2-3H2,1H3,(H,28,29)(H,32,33,34)/t4-,5?,6?,7?,8?,9-,10+,11+,12-,13-,14+,15?,16?,18-,19+/m0/s1. The number of hydrogen-bond donors (Lipinski definition) is 12. The molecule has 276 valence electrons. The molecule has 3 aliphatic heterocycles. The second-order valence-corrected chi connectivity index (χ2v) is 12.1. The van der Waals surface area contributed by atoms with Crippen LogP contribution >= 0.6 is 24.5 Å². The van der Waals surface area contributed by atoms with Crippen LogP contribution in [0.3, 0.4) is 0 Å². The lowest BCUT2D eigenvalue weighted by Crippen LogP contribution is -2.68. The van der Waals surface area contributed by atoms with E-state index in [1.165, 1.54) is 6.92 Å². The SMILES string of the molecule is C[C@@H]1OC(CO)[C@H](O[C@@H]2OC(C(=O)O)[C@H](O[C@@H]3OC(CO)[C@H](O)[C@H](O)C3NSOOO)[C@H](O)C2OS(=O)(=O)O)[C@H](O)C1NSOOO. The number of hydrogen-bond acceptors (Lipinski definition) is 25. The van der Waals surface area contributed by atoms with Gasteiger partial charge in [-0.1, -0.05) is 10.1 Å². The minimum absolute atomic E-state index is 0.112. The van der Waals surface area contributed by atoms with Gasteiger partial charge in [-0.15, -0.1) is 8.67 Å². The molecule has 3 rings (SSSR count). The maximum absolute atomic E-state index is 12.3. The van der Waals surface area contributed by atoms with Crippen LogP contribution in [0.2, 0.25) is 0 Å². The Morgan fingerprint density at radius 3 is 1.87 bits per heavy atom. The van der Waals surface area contributed by atoms with Gasteiger partial charge >= 0.3 is 16.4 Å². The van der Waals surface area contributed by atoms with E-state index >= 15 is 0 Å². The third-order valence-corrected chi connectivity index (χ3v) is 8.56. The summed E-state index contributed by atoms with van der Waals surface area (Å²) in [7, 11) is -5.49. The number of carboxylic acid groups (broad SMARTS) is 1. The van der Waals surface area contributed by atoms with Crippen LogP contribution in [0.4, 0.5) is 0 Å². The van der Waals surface area contributed by atoms with Gasteiger partial charge in [0, 0.05) is 0 Å². The summed E-state index contributed by atoms with van der Waals surface area (Å²) in [6.45, 7) is -0.289. The monoisotopic (exact) mass is 754 g/mol. The number of ether oxygens (including phenoxy) is 5. The summed E-state index contributed by atoms with van der Waals surface area (Å²) in [6, 6.07) is -2.76. The molecule has 3 saturated heterocycles. The van der Waals surface area contributed by atoms with E-state index in [-0.39, 0.29) is 24.5 Å². The first-order valence-corrected chi connectivity index (χ1v) is 15.9. The van der Waals surface area contributed by atoms with Crippen LogP contribution in [-0.2, 0) is 61.8 Å². The van der Waals surface area contributed by atoms with Crippen molar-refractivity contribution in [2.24, 2.45) is 0 Å². The molecule has 0 spiro atoms. The van der Waals surface area contributed by atoms with Crippen molar-refractivity contribution in [3.05, 3.63) is 0 Å². The molecule has 15 atom stereocenters. The van der Waals surface area contributed by atoms with E-state index in [1.807, 2.05) is 0 Å². The maximum Gasteiger partial charge on any atom is 0.397 e. The molecule has 3 aliphatic rings. The molecule has 25 nitrogen and oxygen atoms in total. The third-order valence-electron chi connectivity index (χ3n) is 7.10. The number of carbonyl (C=O) groups is 1. The van der Waals surface area contributed by atoms with Crippen molar-refractivity contribution in [1.29, 1.82) is 0 Å². The maximum atomic E-state index is 12.3. The number of aliphatic hydroxyl groups is 6. The van der Waals surface area contributed by atoms with Crippen molar-refractivity contribution in [1.82, 2.24) is 9.44 Å². The molecule has 47 heavy (non-hydrogen) atoms. The number of aliphatic carboxylic acids is 1. The van der Waals surface area contributed by atoms with Crippen molar-refractivity contribution in [3.8, 4) is 0 Å². The molecule has 12 N–H and O–H groups in total. The highest BCUT2D eigenvalue weighted by molar-refractivity contribution is 7.92. The molecule has 6 unspecified atom stereocenters. The number of carboxylic acids is 1. The van der Waals surface area contributed by atoms with Gasteiger partial charge in [-0.05, 0) is 6.92 Å². The van der Waals surface area contributed by atoms with E-state index in [1.54, 1.807) is 0 Å². The van der Waals surface area contributed by atoms with Crippen molar-refractivity contribution < 1.29 is 111 Å². The first-order valence-electron chi connectivity index (χ1n) is 13.1. The van der Waals surface area contributed by atoms with Gasteiger partial charge in [-0.3, -0.25) is 4.55 Å². The fraction of sp³-hybridized carbons (Fsp3) is 0.947. The van der Waals surface area contributed by atoms with Crippen LogP contribution in [0.25, 0.3) is 0 Å². The first-order chi connectivity index (χ1) is 22.2. The minimum atomic E-state index is -5.49. The zero-order valence-corrected chi connectivity index (χ0v) is 26.0. The Balaban J connectivity index is 1.94. The van der Waals surface area contributed by atoms with Gasteiger partial charge in [-0.25, -0.2) is 28.9 Å². The zero-order chi connectivity index (χ0) is 35.1. The number of rotatable bonds is 17. The highest BCUT2D eigenvalue weighted by Gasteiger charge is 2.57. The number of nitrogens with one attached hydrogen (secondary N) is 2. The van der Waals surface area contributed by atoms with Gasteiger partial charge in [0.05, 0.1) is 31.4 Å². The first kappa shape index (κ1) is 40.7. The highest BCUT2D eigenvalue weighted by Crippen LogP contribution is 2.34. The fourth-order valence-corrected chi connectivity index (χ4v) is 6.39. The molecule has 0 aliphatic carbocycles. The lowest BCUT2D eigenvalue weighted by molar-refractivity contribution is -0.432. The minimum Gasteiger partial charge on any atom is -0.479 e. The van der Waals surface area contributed by atoms with Crippen molar-refractivity contribution >= 4 is 40.8 Å². The van der Waals surface area contributed by atoms with Gasteiger partial charge in [0.15, 0.2) is 24.8 Å². The number of aliphatic hydroxyl groups excluding tert-OH is 6. The normalized spacial score (nSPS) is 41.5. The van der Waals surface area contributed by atoms with Crippen LogP contribution in [0, 0.1) is 0 Å². The smallest absolute Gasteiger partial charge is 0.397 e.